The summed E-state index contributed by atoms with van der Waals surface area (Å²) in [5, 5.41) is 0. The maximum Gasteiger partial charge on any atom is 0.302 e. The molecule has 0 saturated heterocycles. The van der Waals surface area contributed by atoms with E-state index in [0.29, 0.717) is 6.61 Å². The van der Waals surface area contributed by atoms with Crippen LogP contribution in [0.1, 0.15) is 39.5 Å². The van der Waals surface area contributed by atoms with Gasteiger partial charge in [0.15, 0.2) is 0 Å². The van der Waals surface area contributed by atoms with E-state index in [0.717, 1.165) is 25.7 Å². The number of hydrogen-bond acceptors (Lipinski definition) is 2. The largest absolute Gasteiger partial charge is 0.465 e. The molecule has 1 rings (SSSR count). The van der Waals surface area contributed by atoms with Crippen LogP contribution in [0.25, 0.3) is 0 Å². The van der Waals surface area contributed by atoms with Gasteiger partial charge < -0.3 is 4.74 Å². The van der Waals surface area contributed by atoms with Crippen molar-refractivity contribution in [3.8, 4) is 0 Å². The minimum Gasteiger partial charge on any atom is -0.465 e. The van der Waals surface area contributed by atoms with E-state index in [2.05, 4.69) is 19.6 Å². The Bertz CT molecular complexity index is 278. The van der Waals surface area contributed by atoms with E-state index in [4.69, 9.17) is 4.74 Å². The Morgan fingerprint density at radius 3 is 2.93 bits per heavy atom. The fourth-order valence-corrected chi connectivity index (χ4v) is 1.99. The lowest BCUT2D eigenvalue weighted by Gasteiger charge is -2.34. The first-order valence-corrected chi connectivity index (χ1v) is 5.48. The summed E-state index contributed by atoms with van der Waals surface area (Å²) in [6, 6.07) is 0. The van der Waals surface area contributed by atoms with Crippen molar-refractivity contribution in [1.29, 1.82) is 0 Å². The summed E-state index contributed by atoms with van der Waals surface area (Å²) in [6.45, 7) is 7.93. The quantitative estimate of drug-likeness (QED) is 0.523. The molecular weight excluding hydrogens is 188 g/mol. The SMILES string of the molecule is C=CCC1(COC(C)=O)CC=C(C)CC1. The highest BCUT2D eigenvalue weighted by Crippen LogP contribution is 2.38. The molecule has 0 bridgehead atoms. The molecule has 0 aromatic rings. The van der Waals surface area contributed by atoms with Gasteiger partial charge in [0, 0.05) is 12.3 Å². The predicted molar refractivity (Wildman–Crippen MR) is 61.5 cm³/mol. The normalized spacial score (nSPS) is 25.6. The van der Waals surface area contributed by atoms with Gasteiger partial charge in [-0.25, -0.2) is 0 Å². The number of esters is 1. The molecule has 0 aromatic heterocycles. The molecule has 0 radical (unpaired) electrons. The number of carbonyl (C=O) groups is 1. The first-order chi connectivity index (χ1) is 7.08. The maximum atomic E-state index is 10.8. The average Bonchev–Trinajstić information content (AvgIpc) is 2.20. The van der Waals surface area contributed by atoms with E-state index in [9.17, 15) is 4.79 Å². The van der Waals surface area contributed by atoms with Crippen LogP contribution in [0.4, 0.5) is 0 Å². The van der Waals surface area contributed by atoms with Crippen LogP contribution in [0.2, 0.25) is 0 Å². The Balaban J connectivity index is 2.62. The lowest BCUT2D eigenvalue weighted by molar-refractivity contribution is -0.144. The summed E-state index contributed by atoms with van der Waals surface area (Å²) < 4.78 is 5.16. The fraction of sp³-hybridized carbons (Fsp3) is 0.615. The maximum absolute atomic E-state index is 10.8. The third-order valence-corrected chi connectivity index (χ3v) is 3.09. The van der Waals surface area contributed by atoms with Gasteiger partial charge in [-0.3, -0.25) is 4.79 Å². The van der Waals surface area contributed by atoms with E-state index in [1.54, 1.807) is 0 Å². The smallest absolute Gasteiger partial charge is 0.302 e. The molecular formula is C13H20O2. The number of hydrogen-bond donors (Lipinski definition) is 0. The second-order valence-corrected chi connectivity index (χ2v) is 4.53. The highest BCUT2D eigenvalue weighted by Gasteiger charge is 2.31. The standard InChI is InChI=1S/C13H20O2/c1-4-7-13(10-15-12(3)14)8-5-11(2)6-9-13/h4-5H,1,6-10H2,2-3H3. The summed E-state index contributed by atoms with van der Waals surface area (Å²) in [7, 11) is 0. The highest BCUT2D eigenvalue weighted by molar-refractivity contribution is 5.65. The second kappa shape index (κ2) is 5.15. The van der Waals surface area contributed by atoms with Crippen molar-refractivity contribution in [2.45, 2.75) is 39.5 Å². The lowest BCUT2D eigenvalue weighted by atomic mass is 9.73. The van der Waals surface area contributed by atoms with Gasteiger partial charge in [-0.1, -0.05) is 17.7 Å². The molecule has 2 heteroatoms. The van der Waals surface area contributed by atoms with Gasteiger partial charge in [-0.05, 0) is 32.6 Å². The van der Waals surface area contributed by atoms with E-state index in [-0.39, 0.29) is 11.4 Å². The topological polar surface area (TPSA) is 26.3 Å². The summed E-state index contributed by atoms with van der Waals surface area (Å²) in [4.78, 5) is 10.8. The van der Waals surface area contributed by atoms with Crippen molar-refractivity contribution < 1.29 is 9.53 Å². The Hall–Kier alpha value is -1.05. The molecule has 0 aliphatic heterocycles. The van der Waals surface area contributed by atoms with Gasteiger partial charge in [0.2, 0.25) is 0 Å². The molecule has 0 amide bonds. The zero-order valence-corrected chi connectivity index (χ0v) is 9.71. The molecule has 2 nitrogen and oxygen atoms in total. The molecule has 15 heavy (non-hydrogen) atoms. The van der Waals surface area contributed by atoms with Crippen molar-refractivity contribution in [2.24, 2.45) is 5.41 Å². The Labute approximate surface area is 92.0 Å². The first-order valence-electron chi connectivity index (χ1n) is 5.48. The molecule has 84 valence electrons. The van der Waals surface area contributed by atoms with E-state index in [1.807, 2.05) is 6.08 Å². The molecule has 1 aliphatic rings. The summed E-state index contributed by atoms with van der Waals surface area (Å²) >= 11 is 0. The monoisotopic (exact) mass is 208 g/mol. The van der Waals surface area contributed by atoms with Gasteiger partial charge in [0.05, 0.1) is 6.61 Å². The Kier molecular flexibility index (Phi) is 4.13. The zero-order chi connectivity index (χ0) is 11.3. The van der Waals surface area contributed by atoms with Crippen molar-refractivity contribution in [2.75, 3.05) is 6.61 Å². The minimum absolute atomic E-state index is 0.104. The third kappa shape index (κ3) is 3.54. The van der Waals surface area contributed by atoms with E-state index in [1.165, 1.54) is 12.5 Å². The molecule has 0 N–H and O–H groups in total. The average molecular weight is 208 g/mol. The second-order valence-electron chi connectivity index (χ2n) is 4.53. The molecule has 0 saturated carbocycles. The predicted octanol–water partition coefficient (Wildman–Crippen LogP) is 3.24. The van der Waals surface area contributed by atoms with Crippen molar-refractivity contribution >= 4 is 5.97 Å². The van der Waals surface area contributed by atoms with Crippen molar-refractivity contribution in [1.82, 2.24) is 0 Å². The van der Waals surface area contributed by atoms with Crippen LogP contribution in [0.3, 0.4) is 0 Å². The fourth-order valence-electron chi connectivity index (χ4n) is 1.99. The number of rotatable bonds is 4. The molecule has 0 heterocycles. The van der Waals surface area contributed by atoms with Crippen molar-refractivity contribution in [3.63, 3.8) is 0 Å². The van der Waals surface area contributed by atoms with Crippen LogP contribution in [-0.4, -0.2) is 12.6 Å². The Morgan fingerprint density at radius 2 is 2.47 bits per heavy atom. The van der Waals surface area contributed by atoms with E-state index >= 15 is 0 Å². The van der Waals surface area contributed by atoms with Gasteiger partial charge in [-0.2, -0.15) is 0 Å². The van der Waals surface area contributed by atoms with Gasteiger partial charge in [0.25, 0.3) is 0 Å². The summed E-state index contributed by atoms with van der Waals surface area (Å²) in [5.41, 5.74) is 1.55. The van der Waals surface area contributed by atoms with Gasteiger partial charge in [0.1, 0.15) is 0 Å². The summed E-state index contributed by atoms with van der Waals surface area (Å²) in [5.74, 6) is -0.190. The Morgan fingerprint density at radius 1 is 1.73 bits per heavy atom. The number of allylic oxidation sites excluding steroid dienone is 3. The number of carbonyl (C=O) groups excluding carboxylic acids is 1. The van der Waals surface area contributed by atoms with Gasteiger partial charge in [-0.15, -0.1) is 6.58 Å². The minimum atomic E-state index is -0.190. The summed E-state index contributed by atoms with van der Waals surface area (Å²) in [6.07, 6.45) is 8.31. The van der Waals surface area contributed by atoms with Crippen LogP contribution in [0, 0.1) is 5.41 Å². The third-order valence-electron chi connectivity index (χ3n) is 3.09. The zero-order valence-electron chi connectivity index (χ0n) is 9.71. The first kappa shape index (κ1) is 12.0. The van der Waals surface area contributed by atoms with Crippen LogP contribution in [0.15, 0.2) is 24.3 Å². The molecule has 1 aliphatic carbocycles. The molecule has 1 unspecified atom stereocenters. The van der Waals surface area contributed by atoms with Gasteiger partial charge >= 0.3 is 5.97 Å². The van der Waals surface area contributed by atoms with Crippen LogP contribution < -0.4 is 0 Å². The molecule has 1 atom stereocenters. The van der Waals surface area contributed by atoms with Crippen LogP contribution in [-0.2, 0) is 9.53 Å². The van der Waals surface area contributed by atoms with Crippen LogP contribution in [0.5, 0.6) is 0 Å². The lowest BCUT2D eigenvalue weighted by Crippen LogP contribution is -2.29. The molecule has 0 aromatic carbocycles. The van der Waals surface area contributed by atoms with Crippen LogP contribution >= 0.6 is 0 Å². The molecule has 0 fully saturated rings. The number of ether oxygens (including phenoxy) is 1. The highest BCUT2D eigenvalue weighted by atomic mass is 16.5. The van der Waals surface area contributed by atoms with E-state index < -0.39 is 0 Å². The van der Waals surface area contributed by atoms with Crippen molar-refractivity contribution in [3.05, 3.63) is 24.3 Å². The molecule has 0 spiro atoms.